The Bertz CT molecular complexity index is 1260. The SMILES string of the molecule is [C-]#[N+]c1ccc(S(=O)(=O)c2ccc3c(c2)nc(C(C)(C)C)n3CCCCC(F)(F)F)cc1. The molecule has 5 nitrogen and oxygen atoms in total. The molecule has 0 fully saturated rings. The molecule has 0 aliphatic rings. The van der Waals surface area contributed by atoms with Crippen molar-refractivity contribution in [3.8, 4) is 0 Å². The van der Waals surface area contributed by atoms with Crippen LogP contribution in [0.1, 0.15) is 45.9 Å². The normalized spacial score (nSPS) is 12.8. The van der Waals surface area contributed by atoms with Crippen molar-refractivity contribution in [2.45, 2.75) is 68.0 Å². The third-order valence-corrected chi connectivity index (χ3v) is 6.84. The average Bonchev–Trinajstić information content (AvgIpc) is 3.09. The van der Waals surface area contributed by atoms with Gasteiger partial charge in [0.05, 0.1) is 27.4 Å². The monoisotopic (exact) mass is 463 g/mol. The second-order valence-electron chi connectivity index (χ2n) is 8.67. The molecule has 0 atom stereocenters. The van der Waals surface area contributed by atoms with Gasteiger partial charge in [0.2, 0.25) is 9.84 Å². The lowest BCUT2D eigenvalue weighted by molar-refractivity contribution is -0.135. The summed E-state index contributed by atoms with van der Waals surface area (Å²) in [5.74, 6) is 0.690. The van der Waals surface area contributed by atoms with Gasteiger partial charge in [-0.25, -0.2) is 18.2 Å². The summed E-state index contributed by atoms with van der Waals surface area (Å²) in [6.45, 7) is 13.2. The van der Waals surface area contributed by atoms with Crippen molar-refractivity contribution in [1.29, 1.82) is 0 Å². The number of aryl methyl sites for hydroxylation is 1. The maximum Gasteiger partial charge on any atom is 0.389 e. The van der Waals surface area contributed by atoms with Crippen molar-refractivity contribution in [3.05, 3.63) is 59.7 Å². The molecule has 0 N–H and O–H groups in total. The van der Waals surface area contributed by atoms with Crippen LogP contribution in [0.4, 0.5) is 18.9 Å². The number of imidazole rings is 1. The number of fused-ring (bicyclic) bond motifs is 1. The van der Waals surface area contributed by atoms with E-state index in [1.807, 2.05) is 25.3 Å². The van der Waals surface area contributed by atoms with Gasteiger partial charge in [0.25, 0.3) is 0 Å². The Morgan fingerprint density at radius 3 is 2.19 bits per heavy atom. The maximum absolute atomic E-state index is 13.1. The number of aromatic nitrogens is 2. The number of halogens is 3. The molecule has 0 bridgehead atoms. The number of hydrogen-bond donors (Lipinski definition) is 0. The van der Waals surface area contributed by atoms with Gasteiger partial charge in [-0.2, -0.15) is 13.2 Å². The van der Waals surface area contributed by atoms with Crippen LogP contribution in [0.25, 0.3) is 15.9 Å². The molecule has 0 aliphatic heterocycles. The molecule has 0 aliphatic carbocycles. The lowest BCUT2D eigenvalue weighted by Crippen LogP contribution is -2.19. The van der Waals surface area contributed by atoms with Crippen LogP contribution >= 0.6 is 0 Å². The molecule has 0 saturated heterocycles. The Hall–Kier alpha value is -2.86. The Labute approximate surface area is 185 Å². The molecule has 1 heterocycles. The molecule has 2 aromatic carbocycles. The summed E-state index contributed by atoms with van der Waals surface area (Å²) in [6, 6.07) is 10.3. The van der Waals surface area contributed by atoms with Gasteiger partial charge in [-0.05, 0) is 31.0 Å². The van der Waals surface area contributed by atoms with Crippen LogP contribution < -0.4 is 0 Å². The van der Waals surface area contributed by atoms with E-state index in [1.54, 1.807) is 6.07 Å². The summed E-state index contributed by atoms with van der Waals surface area (Å²) in [5.41, 5.74) is 1.13. The molecule has 0 spiro atoms. The highest BCUT2D eigenvalue weighted by Crippen LogP contribution is 2.31. The van der Waals surface area contributed by atoms with Gasteiger partial charge in [-0.1, -0.05) is 45.0 Å². The average molecular weight is 464 g/mol. The predicted molar refractivity (Wildman–Crippen MR) is 116 cm³/mol. The molecule has 0 saturated carbocycles. The van der Waals surface area contributed by atoms with E-state index in [2.05, 4.69) is 9.83 Å². The molecule has 9 heteroatoms. The molecule has 0 radical (unpaired) electrons. The molecule has 3 rings (SSSR count). The van der Waals surface area contributed by atoms with Crippen LogP contribution in [0.15, 0.2) is 52.3 Å². The molecular formula is C23H24F3N3O2S. The van der Waals surface area contributed by atoms with E-state index in [1.165, 1.54) is 36.4 Å². The van der Waals surface area contributed by atoms with Gasteiger partial charge in [0, 0.05) is 18.4 Å². The largest absolute Gasteiger partial charge is 0.389 e. The van der Waals surface area contributed by atoms with Crippen molar-refractivity contribution < 1.29 is 21.6 Å². The quantitative estimate of drug-likeness (QED) is 0.312. The number of alkyl halides is 3. The number of benzene rings is 2. The van der Waals surface area contributed by atoms with Crippen molar-refractivity contribution in [3.63, 3.8) is 0 Å². The van der Waals surface area contributed by atoms with Crippen LogP contribution in [0, 0.1) is 6.57 Å². The highest BCUT2D eigenvalue weighted by atomic mass is 32.2. The van der Waals surface area contributed by atoms with Gasteiger partial charge in [-0.3, -0.25) is 0 Å². The van der Waals surface area contributed by atoms with E-state index in [4.69, 9.17) is 6.57 Å². The van der Waals surface area contributed by atoms with Gasteiger partial charge >= 0.3 is 6.18 Å². The van der Waals surface area contributed by atoms with Gasteiger partial charge in [-0.15, -0.1) is 0 Å². The summed E-state index contributed by atoms with van der Waals surface area (Å²) < 4.78 is 65.5. The Morgan fingerprint density at radius 2 is 1.62 bits per heavy atom. The first-order chi connectivity index (χ1) is 14.8. The minimum absolute atomic E-state index is 0.0137. The molecule has 170 valence electrons. The first kappa shape index (κ1) is 23.8. The first-order valence-corrected chi connectivity index (χ1v) is 11.6. The fraction of sp³-hybridized carbons (Fsp3) is 0.391. The lowest BCUT2D eigenvalue weighted by atomic mass is 9.95. The summed E-state index contributed by atoms with van der Waals surface area (Å²) in [5, 5.41) is 0. The predicted octanol–water partition coefficient (Wildman–Crippen LogP) is 6.45. The second kappa shape index (κ2) is 8.58. The fourth-order valence-electron chi connectivity index (χ4n) is 3.51. The van der Waals surface area contributed by atoms with Crippen molar-refractivity contribution in [1.82, 2.24) is 9.55 Å². The van der Waals surface area contributed by atoms with Crippen molar-refractivity contribution in [2.24, 2.45) is 0 Å². The van der Waals surface area contributed by atoms with E-state index >= 15 is 0 Å². The Kier molecular flexibility index (Phi) is 6.38. The minimum atomic E-state index is -4.18. The van der Waals surface area contributed by atoms with Crippen LogP contribution in [-0.2, 0) is 21.8 Å². The Balaban J connectivity index is 1.98. The third-order valence-electron chi connectivity index (χ3n) is 5.07. The summed E-state index contributed by atoms with van der Waals surface area (Å²) in [6.07, 6.45) is -4.67. The first-order valence-electron chi connectivity index (χ1n) is 10.1. The van der Waals surface area contributed by atoms with Crippen LogP contribution in [0.5, 0.6) is 0 Å². The molecule has 32 heavy (non-hydrogen) atoms. The molecular weight excluding hydrogens is 439 g/mol. The van der Waals surface area contributed by atoms with Gasteiger partial charge in [0.15, 0.2) is 5.69 Å². The van der Waals surface area contributed by atoms with E-state index in [-0.39, 0.29) is 21.6 Å². The molecule has 0 unspecified atom stereocenters. The number of unbranched alkanes of at least 4 members (excludes halogenated alkanes) is 1. The maximum atomic E-state index is 13.1. The fourth-order valence-corrected chi connectivity index (χ4v) is 4.79. The summed E-state index contributed by atoms with van der Waals surface area (Å²) in [4.78, 5) is 8.06. The molecule has 0 amide bonds. The van der Waals surface area contributed by atoms with Crippen molar-refractivity contribution >= 4 is 26.6 Å². The van der Waals surface area contributed by atoms with Gasteiger partial charge in [0.1, 0.15) is 5.82 Å². The number of nitrogens with zero attached hydrogens (tertiary/aromatic N) is 3. The van der Waals surface area contributed by atoms with E-state index in [0.717, 1.165) is 0 Å². The zero-order valence-electron chi connectivity index (χ0n) is 18.1. The van der Waals surface area contributed by atoms with Crippen LogP contribution in [-0.4, -0.2) is 24.1 Å². The third kappa shape index (κ3) is 5.13. The Morgan fingerprint density at radius 1 is 1.00 bits per heavy atom. The van der Waals surface area contributed by atoms with E-state index in [0.29, 0.717) is 35.5 Å². The second-order valence-corrected chi connectivity index (χ2v) is 10.6. The minimum Gasteiger partial charge on any atom is -0.328 e. The molecule has 3 aromatic rings. The highest BCUT2D eigenvalue weighted by Gasteiger charge is 2.27. The molecule has 1 aromatic heterocycles. The number of rotatable bonds is 6. The van der Waals surface area contributed by atoms with E-state index in [9.17, 15) is 21.6 Å². The smallest absolute Gasteiger partial charge is 0.328 e. The lowest BCUT2D eigenvalue weighted by Gasteiger charge is -2.20. The zero-order chi connectivity index (χ0) is 23.7. The van der Waals surface area contributed by atoms with Gasteiger partial charge < -0.3 is 4.57 Å². The summed E-state index contributed by atoms with van der Waals surface area (Å²) in [7, 11) is -3.81. The van der Waals surface area contributed by atoms with Crippen LogP contribution in [0.2, 0.25) is 0 Å². The highest BCUT2D eigenvalue weighted by molar-refractivity contribution is 7.91. The number of sulfone groups is 1. The topological polar surface area (TPSA) is 56.3 Å². The summed E-state index contributed by atoms with van der Waals surface area (Å²) >= 11 is 0. The van der Waals surface area contributed by atoms with Crippen LogP contribution in [0.3, 0.4) is 0 Å². The zero-order valence-corrected chi connectivity index (χ0v) is 18.9. The van der Waals surface area contributed by atoms with Crippen molar-refractivity contribution in [2.75, 3.05) is 0 Å². The number of hydrogen-bond acceptors (Lipinski definition) is 3. The standard InChI is InChI=1S/C23H24F3N3O2S/c1-22(2,3)21-28-19-15-18(32(30,31)17-9-7-16(27-4)8-10-17)11-12-20(19)29(21)14-6-5-13-23(24,25)26/h7-12,15H,5-6,13-14H2,1-3H3. The van der Waals surface area contributed by atoms with E-state index < -0.39 is 22.4 Å².